The number of aromatic carboxylic acids is 4. The van der Waals surface area contributed by atoms with Gasteiger partial charge in [-0.3, -0.25) is 0 Å². The Kier molecular flexibility index (Phi) is 11.0. The van der Waals surface area contributed by atoms with Gasteiger partial charge in [0.25, 0.3) is 0 Å². The SMILES string of the molecule is O=C(O)c1cc(Cl)c(-c2c(Cl)cc(C(=O)O)cc2Cl)c(Cl)c1.O=C(O)c1ccc(-c2ccc(C(=O)O)cc2Br)c(Br)c1. The zero-order valence-corrected chi connectivity index (χ0v) is 26.7. The van der Waals surface area contributed by atoms with E-state index in [0.717, 1.165) is 11.1 Å². The van der Waals surface area contributed by atoms with Crippen LogP contribution in [0.1, 0.15) is 41.4 Å². The number of carboxylic acids is 4. The Morgan fingerprint density at radius 3 is 0.929 bits per heavy atom. The van der Waals surface area contributed by atoms with Crippen molar-refractivity contribution in [2.24, 2.45) is 0 Å². The summed E-state index contributed by atoms with van der Waals surface area (Å²) in [6.07, 6.45) is 0. The molecule has 0 aliphatic rings. The number of carboxylic acid groups (broad SMARTS) is 4. The van der Waals surface area contributed by atoms with Crippen LogP contribution in [0.25, 0.3) is 22.3 Å². The predicted molar refractivity (Wildman–Crippen MR) is 167 cm³/mol. The largest absolute Gasteiger partial charge is 0.478 e. The molecule has 0 heterocycles. The van der Waals surface area contributed by atoms with E-state index in [1.807, 2.05) is 0 Å². The van der Waals surface area contributed by atoms with Crippen LogP contribution >= 0.6 is 78.3 Å². The lowest BCUT2D eigenvalue weighted by Crippen LogP contribution is -1.99. The second-order valence-electron chi connectivity index (χ2n) is 8.24. The Labute approximate surface area is 274 Å². The number of hydrogen-bond acceptors (Lipinski definition) is 4. The van der Waals surface area contributed by atoms with Gasteiger partial charge in [0.05, 0.1) is 42.3 Å². The minimum Gasteiger partial charge on any atom is -0.478 e. The minimum atomic E-state index is -1.19. The molecule has 0 saturated carbocycles. The minimum absolute atomic E-state index is 0.0387. The molecule has 0 unspecified atom stereocenters. The van der Waals surface area contributed by atoms with E-state index >= 15 is 0 Å². The molecule has 0 bridgehead atoms. The maximum Gasteiger partial charge on any atom is 0.335 e. The second kappa shape index (κ2) is 13.9. The molecule has 0 spiro atoms. The van der Waals surface area contributed by atoms with Crippen molar-refractivity contribution in [3.63, 3.8) is 0 Å². The highest BCUT2D eigenvalue weighted by Crippen LogP contribution is 2.43. The predicted octanol–water partition coefficient (Wildman–Crippen LogP) is 9.64. The fourth-order valence-corrected chi connectivity index (χ4v) is 6.14. The van der Waals surface area contributed by atoms with E-state index in [1.54, 1.807) is 12.1 Å². The summed E-state index contributed by atoms with van der Waals surface area (Å²) >= 11 is 31.0. The van der Waals surface area contributed by atoms with Crippen molar-refractivity contribution in [1.82, 2.24) is 0 Å². The Morgan fingerprint density at radius 1 is 0.452 bits per heavy atom. The van der Waals surface area contributed by atoms with Crippen LogP contribution in [0.5, 0.6) is 0 Å². The van der Waals surface area contributed by atoms with E-state index in [9.17, 15) is 19.2 Å². The molecule has 42 heavy (non-hydrogen) atoms. The number of hydrogen-bond donors (Lipinski definition) is 4. The summed E-state index contributed by atoms with van der Waals surface area (Å²) in [5, 5.41) is 35.9. The van der Waals surface area contributed by atoms with E-state index in [0.29, 0.717) is 8.95 Å². The first-order valence-electron chi connectivity index (χ1n) is 11.1. The van der Waals surface area contributed by atoms with E-state index in [2.05, 4.69) is 31.9 Å². The van der Waals surface area contributed by atoms with Crippen molar-refractivity contribution in [1.29, 1.82) is 0 Å². The first-order chi connectivity index (χ1) is 19.6. The molecule has 8 nitrogen and oxygen atoms in total. The van der Waals surface area contributed by atoms with Gasteiger partial charge in [-0.15, -0.1) is 0 Å². The van der Waals surface area contributed by atoms with Gasteiger partial charge >= 0.3 is 23.9 Å². The summed E-state index contributed by atoms with van der Waals surface area (Å²) < 4.78 is 1.25. The molecule has 0 amide bonds. The molecule has 4 N–H and O–H groups in total. The van der Waals surface area contributed by atoms with Crippen molar-refractivity contribution in [2.45, 2.75) is 0 Å². The maximum absolute atomic E-state index is 11.0. The quantitative estimate of drug-likeness (QED) is 0.151. The van der Waals surface area contributed by atoms with Gasteiger partial charge in [0, 0.05) is 20.1 Å². The van der Waals surface area contributed by atoms with Gasteiger partial charge < -0.3 is 20.4 Å². The lowest BCUT2D eigenvalue weighted by Gasteiger charge is -2.13. The highest BCUT2D eigenvalue weighted by Gasteiger charge is 2.20. The fraction of sp³-hybridized carbons (Fsp3) is 0. The first-order valence-corrected chi connectivity index (χ1v) is 14.2. The smallest absolute Gasteiger partial charge is 0.335 e. The van der Waals surface area contributed by atoms with Crippen molar-refractivity contribution in [3.05, 3.63) is 112 Å². The molecule has 4 aromatic rings. The van der Waals surface area contributed by atoms with Gasteiger partial charge in [0.15, 0.2) is 0 Å². The highest BCUT2D eigenvalue weighted by atomic mass is 79.9. The number of rotatable bonds is 6. The normalized spacial score (nSPS) is 10.4. The third-order valence-corrected chi connectivity index (χ3v) is 8.05. The summed E-state index contributed by atoms with van der Waals surface area (Å²) in [6, 6.07) is 14.2. The van der Waals surface area contributed by atoms with Gasteiger partial charge in [0.1, 0.15) is 0 Å². The zero-order chi connectivity index (χ0) is 31.5. The Morgan fingerprint density at radius 2 is 0.714 bits per heavy atom. The average Bonchev–Trinajstić information content (AvgIpc) is 2.89. The summed E-state index contributed by atoms with van der Waals surface area (Å²) in [6.45, 7) is 0. The Balaban J connectivity index is 0.000000231. The number of benzene rings is 4. The van der Waals surface area contributed by atoms with Crippen LogP contribution < -0.4 is 0 Å². The first kappa shape index (κ1) is 33.4. The molecule has 14 heteroatoms. The standard InChI is InChI=1S/C14H8Br2O4.C14H6Cl4O4/c15-11-5-7(13(17)18)1-3-9(11)10-4-2-8(14(19)20)6-12(10)16;15-7-1-5(13(19)20)2-8(16)11(7)12-9(17)3-6(14(21)22)4-10(12)18/h1-6H,(H,17,18)(H,19,20);1-4H,(H,19,20)(H,21,22). The van der Waals surface area contributed by atoms with Crippen molar-refractivity contribution in [3.8, 4) is 22.3 Å². The van der Waals surface area contributed by atoms with Crippen molar-refractivity contribution >= 4 is 102 Å². The monoisotopic (exact) mass is 776 g/mol. The number of carbonyl (C=O) groups is 4. The third kappa shape index (κ3) is 7.63. The summed E-state index contributed by atoms with van der Waals surface area (Å²) in [7, 11) is 0. The molecule has 4 aromatic carbocycles. The average molecular weight is 780 g/mol. The molecular formula is C28H14Br2Cl4O8. The number of halogens is 6. The molecule has 0 saturated heterocycles. The van der Waals surface area contributed by atoms with Crippen LogP contribution in [0, 0.1) is 0 Å². The highest BCUT2D eigenvalue weighted by molar-refractivity contribution is 9.11. The van der Waals surface area contributed by atoms with Crippen LogP contribution in [-0.4, -0.2) is 44.3 Å². The molecule has 4 rings (SSSR count). The molecule has 0 aliphatic carbocycles. The molecule has 216 valence electrons. The van der Waals surface area contributed by atoms with Gasteiger partial charge in [-0.25, -0.2) is 19.2 Å². The lowest BCUT2D eigenvalue weighted by molar-refractivity contribution is 0.0686. The van der Waals surface area contributed by atoms with E-state index in [4.69, 9.17) is 66.8 Å². The van der Waals surface area contributed by atoms with Crippen LogP contribution in [0.3, 0.4) is 0 Å². The lowest BCUT2D eigenvalue weighted by atomic mass is 10.0. The summed E-state index contributed by atoms with van der Waals surface area (Å²) in [5.41, 5.74) is 2.21. The fourth-order valence-electron chi connectivity index (χ4n) is 3.60. The maximum atomic E-state index is 11.0. The zero-order valence-electron chi connectivity index (χ0n) is 20.5. The van der Waals surface area contributed by atoms with E-state index < -0.39 is 23.9 Å². The van der Waals surface area contributed by atoms with Crippen LogP contribution in [0.2, 0.25) is 20.1 Å². The third-order valence-electron chi connectivity index (χ3n) is 5.55. The summed E-state index contributed by atoms with van der Waals surface area (Å²) in [5.74, 6) is -4.38. The Hall–Kier alpha value is -3.12. The van der Waals surface area contributed by atoms with Crippen molar-refractivity contribution in [2.75, 3.05) is 0 Å². The topological polar surface area (TPSA) is 149 Å². The van der Waals surface area contributed by atoms with Crippen LogP contribution in [-0.2, 0) is 0 Å². The molecule has 0 atom stereocenters. The second-order valence-corrected chi connectivity index (χ2v) is 11.6. The molecule has 0 fully saturated rings. The van der Waals surface area contributed by atoms with Crippen LogP contribution in [0.15, 0.2) is 69.6 Å². The molecular weight excluding hydrogens is 766 g/mol. The summed E-state index contributed by atoms with van der Waals surface area (Å²) in [4.78, 5) is 43.7. The molecule has 0 aromatic heterocycles. The van der Waals surface area contributed by atoms with Gasteiger partial charge in [-0.05, 0) is 59.7 Å². The van der Waals surface area contributed by atoms with Gasteiger partial charge in [0.2, 0.25) is 0 Å². The van der Waals surface area contributed by atoms with Crippen LogP contribution in [0.4, 0.5) is 0 Å². The molecule has 0 radical (unpaired) electrons. The van der Waals surface area contributed by atoms with E-state index in [1.165, 1.54) is 48.5 Å². The molecule has 0 aliphatic heterocycles. The van der Waals surface area contributed by atoms with E-state index in [-0.39, 0.29) is 53.5 Å². The van der Waals surface area contributed by atoms with Crippen molar-refractivity contribution < 1.29 is 39.6 Å². The Bertz CT molecular complexity index is 1600. The van der Waals surface area contributed by atoms with Gasteiger partial charge in [-0.1, -0.05) is 90.4 Å². The van der Waals surface area contributed by atoms with Gasteiger partial charge in [-0.2, -0.15) is 0 Å².